The molecule has 1 aliphatic rings. The van der Waals surface area contributed by atoms with Crippen molar-refractivity contribution in [3.8, 4) is 16.9 Å². The molecule has 38 heavy (non-hydrogen) atoms. The van der Waals surface area contributed by atoms with Gasteiger partial charge >= 0.3 is 0 Å². The Labute approximate surface area is 221 Å². The predicted molar refractivity (Wildman–Crippen MR) is 148 cm³/mol. The van der Waals surface area contributed by atoms with Crippen LogP contribution in [0.2, 0.25) is 0 Å². The molecule has 6 rings (SSSR count). The number of rotatable bonds is 6. The quantitative estimate of drug-likeness (QED) is 0.232. The van der Waals surface area contributed by atoms with E-state index in [0.29, 0.717) is 38.5 Å². The average Bonchev–Trinajstić information content (AvgIpc) is 3.44. The van der Waals surface area contributed by atoms with Crippen molar-refractivity contribution in [2.75, 3.05) is 13.2 Å². The maximum absolute atomic E-state index is 10.6. The minimum Gasteiger partial charge on any atom is -0.493 e. The Morgan fingerprint density at radius 2 is 1.79 bits per heavy atom. The van der Waals surface area contributed by atoms with E-state index >= 15 is 0 Å². The monoisotopic (exact) mass is 511 g/mol. The third kappa shape index (κ3) is 4.47. The molecule has 0 aliphatic carbocycles. The number of aryl methyl sites for hydroxylation is 3. The first-order valence-electron chi connectivity index (χ1n) is 13.3. The summed E-state index contributed by atoms with van der Waals surface area (Å²) in [6.07, 6.45) is 3.51. The van der Waals surface area contributed by atoms with Gasteiger partial charge < -0.3 is 24.3 Å². The maximum Gasteiger partial charge on any atom is 0.194 e. The van der Waals surface area contributed by atoms with Gasteiger partial charge in [0.2, 0.25) is 0 Å². The van der Waals surface area contributed by atoms with Gasteiger partial charge in [-0.1, -0.05) is 54.6 Å². The lowest BCUT2D eigenvalue weighted by atomic mass is 10.00. The van der Waals surface area contributed by atoms with Crippen molar-refractivity contribution in [1.82, 2.24) is 14.3 Å². The second-order valence-electron chi connectivity index (χ2n) is 9.91. The standard InChI is InChI=1S/C31H33N3O4/c1-33-27-20-37-17-5-4-16-34-29-23(12-7-13-25(29)26(27)19-32-33)24(30(34)31(35)36)14-8-18-38-28-15-6-10-21-9-2-3-11-22(21)28/h2-3,6-7,9-13,15,19,31,35-36H,4-5,8,14,16-18,20H2,1H3. The topological polar surface area (TPSA) is 81.7 Å². The lowest BCUT2D eigenvalue weighted by molar-refractivity contribution is -0.0488. The van der Waals surface area contributed by atoms with Gasteiger partial charge in [-0.15, -0.1) is 0 Å². The second kappa shape index (κ2) is 10.6. The molecule has 0 atom stereocenters. The van der Waals surface area contributed by atoms with Crippen molar-refractivity contribution in [1.29, 1.82) is 0 Å². The number of aliphatic hydroxyl groups is 2. The van der Waals surface area contributed by atoms with E-state index in [9.17, 15) is 10.2 Å². The zero-order chi connectivity index (χ0) is 26.1. The molecule has 0 bridgehead atoms. The van der Waals surface area contributed by atoms with Crippen molar-refractivity contribution < 1.29 is 19.7 Å². The molecule has 7 nitrogen and oxygen atoms in total. The summed E-state index contributed by atoms with van der Waals surface area (Å²) in [6, 6.07) is 20.5. The van der Waals surface area contributed by atoms with Crippen molar-refractivity contribution in [3.63, 3.8) is 0 Å². The van der Waals surface area contributed by atoms with Gasteiger partial charge in [0, 0.05) is 42.1 Å². The largest absolute Gasteiger partial charge is 0.493 e. The number of hydrogen-bond donors (Lipinski definition) is 2. The summed E-state index contributed by atoms with van der Waals surface area (Å²) in [4.78, 5) is 0. The molecule has 5 aromatic rings. The molecule has 3 heterocycles. The zero-order valence-electron chi connectivity index (χ0n) is 21.6. The summed E-state index contributed by atoms with van der Waals surface area (Å²) in [7, 11) is 1.94. The molecule has 7 heteroatoms. The van der Waals surface area contributed by atoms with Crippen LogP contribution in [-0.2, 0) is 31.4 Å². The van der Waals surface area contributed by atoms with Gasteiger partial charge in [0.05, 0.1) is 36.3 Å². The molecular weight excluding hydrogens is 478 g/mol. The Balaban J connectivity index is 1.37. The summed E-state index contributed by atoms with van der Waals surface area (Å²) >= 11 is 0. The van der Waals surface area contributed by atoms with Gasteiger partial charge in [-0.05, 0) is 42.7 Å². The third-order valence-corrected chi connectivity index (χ3v) is 7.56. The summed E-state index contributed by atoms with van der Waals surface area (Å²) < 4.78 is 16.1. The SMILES string of the molecule is Cn1ncc2c1COCCCCn1c(C(O)O)c(CCCOc3cccc4ccccc34)c3cccc-2c31. The van der Waals surface area contributed by atoms with Gasteiger partial charge in [0.15, 0.2) is 6.29 Å². The number of nitrogens with zero attached hydrogens (tertiary/aromatic N) is 3. The molecule has 0 radical (unpaired) electrons. The molecule has 0 unspecified atom stereocenters. The van der Waals surface area contributed by atoms with E-state index in [1.54, 1.807) is 0 Å². The Hall–Kier alpha value is -3.65. The highest BCUT2D eigenvalue weighted by Crippen LogP contribution is 2.39. The van der Waals surface area contributed by atoms with E-state index in [2.05, 4.69) is 40.0 Å². The van der Waals surface area contributed by atoms with Gasteiger partial charge in [0.25, 0.3) is 0 Å². The molecule has 0 saturated carbocycles. The highest BCUT2D eigenvalue weighted by Gasteiger charge is 2.25. The van der Waals surface area contributed by atoms with E-state index < -0.39 is 6.29 Å². The van der Waals surface area contributed by atoms with Crippen LogP contribution in [0.4, 0.5) is 0 Å². The van der Waals surface area contributed by atoms with Crippen molar-refractivity contribution in [2.45, 2.75) is 45.1 Å². The molecule has 0 spiro atoms. The molecule has 2 N–H and O–H groups in total. The van der Waals surface area contributed by atoms with Crippen LogP contribution in [0.25, 0.3) is 32.8 Å². The Morgan fingerprint density at radius 1 is 0.974 bits per heavy atom. The van der Waals surface area contributed by atoms with Gasteiger partial charge in [0.1, 0.15) is 5.75 Å². The molecule has 1 aliphatic heterocycles. The van der Waals surface area contributed by atoms with Gasteiger partial charge in [-0.3, -0.25) is 4.68 Å². The molecule has 0 fully saturated rings. The Bertz CT molecular complexity index is 1580. The van der Waals surface area contributed by atoms with Crippen molar-refractivity contribution in [3.05, 3.63) is 83.8 Å². The second-order valence-corrected chi connectivity index (χ2v) is 9.91. The third-order valence-electron chi connectivity index (χ3n) is 7.56. The fourth-order valence-corrected chi connectivity index (χ4v) is 5.76. The molecular formula is C31H33N3O4. The lowest BCUT2D eigenvalue weighted by Crippen LogP contribution is -2.11. The minimum atomic E-state index is -1.57. The molecule has 0 amide bonds. The van der Waals surface area contributed by atoms with Crippen molar-refractivity contribution in [2.24, 2.45) is 7.05 Å². The summed E-state index contributed by atoms with van der Waals surface area (Å²) in [5.41, 5.74) is 5.64. The zero-order valence-corrected chi connectivity index (χ0v) is 21.6. The number of aliphatic hydroxyl groups excluding tert-OH is 1. The van der Waals surface area contributed by atoms with Gasteiger partial charge in [-0.2, -0.15) is 5.10 Å². The Kier molecular flexibility index (Phi) is 6.89. The summed E-state index contributed by atoms with van der Waals surface area (Å²) in [6.45, 7) is 2.37. The van der Waals surface area contributed by atoms with Crippen LogP contribution < -0.4 is 4.74 Å². The number of ether oxygens (including phenoxy) is 2. The highest BCUT2D eigenvalue weighted by atomic mass is 16.5. The first kappa shape index (κ1) is 24.7. The number of fused-ring (bicyclic) bond motifs is 3. The first-order chi connectivity index (χ1) is 18.6. The van der Waals surface area contributed by atoms with Crippen LogP contribution in [0.1, 0.15) is 42.5 Å². The molecule has 2 aromatic heterocycles. The van der Waals surface area contributed by atoms with E-state index in [1.807, 2.05) is 48.3 Å². The number of hydrogen-bond acceptors (Lipinski definition) is 5. The van der Waals surface area contributed by atoms with Crippen LogP contribution in [-0.4, -0.2) is 37.8 Å². The minimum absolute atomic E-state index is 0.497. The summed E-state index contributed by atoms with van der Waals surface area (Å²) in [5.74, 6) is 0.871. The number of benzene rings is 3. The van der Waals surface area contributed by atoms with Crippen LogP contribution in [0, 0.1) is 0 Å². The highest BCUT2D eigenvalue weighted by molar-refractivity contribution is 5.98. The Morgan fingerprint density at radius 3 is 2.68 bits per heavy atom. The van der Waals surface area contributed by atoms with E-state index in [4.69, 9.17) is 9.47 Å². The predicted octanol–water partition coefficient (Wildman–Crippen LogP) is 5.50. The van der Waals surface area contributed by atoms with Gasteiger partial charge in [-0.25, -0.2) is 0 Å². The normalized spacial score (nSPS) is 14.1. The van der Waals surface area contributed by atoms with E-state index in [1.165, 1.54) is 0 Å². The van der Waals surface area contributed by atoms with Crippen LogP contribution >= 0.6 is 0 Å². The first-order valence-corrected chi connectivity index (χ1v) is 13.3. The molecule has 196 valence electrons. The average molecular weight is 512 g/mol. The molecule has 0 saturated heterocycles. The smallest absolute Gasteiger partial charge is 0.194 e. The van der Waals surface area contributed by atoms with Crippen molar-refractivity contribution >= 4 is 21.7 Å². The maximum atomic E-state index is 10.6. The lowest BCUT2D eigenvalue weighted by Gasteiger charge is -2.15. The van der Waals surface area contributed by atoms with E-state index in [0.717, 1.165) is 69.1 Å². The number of para-hydroxylation sites is 1. The summed E-state index contributed by atoms with van der Waals surface area (Å²) in [5, 5.41) is 29.0. The van der Waals surface area contributed by atoms with Crippen LogP contribution in [0.3, 0.4) is 0 Å². The number of aromatic nitrogens is 3. The fourth-order valence-electron chi connectivity index (χ4n) is 5.76. The molecule has 3 aromatic carbocycles. The van der Waals surface area contributed by atoms with Crippen LogP contribution in [0.5, 0.6) is 5.75 Å². The fraction of sp³-hybridized carbons (Fsp3) is 0.323. The van der Waals surface area contributed by atoms with E-state index in [-0.39, 0.29) is 0 Å². The van der Waals surface area contributed by atoms with Crippen LogP contribution in [0.15, 0.2) is 66.9 Å².